The van der Waals surface area contributed by atoms with E-state index in [4.69, 9.17) is 4.74 Å². The number of imide groups is 1. The number of nitrogens with one attached hydrogen (secondary N) is 1. The van der Waals surface area contributed by atoms with Crippen LogP contribution in [0.1, 0.15) is 43.1 Å². The lowest BCUT2D eigenvalue weighted by Crippen LogP contribution is -2.29. The fourth-order valence-corrected chi connectivity index (χ4v) is 2.92. The van der Waals surface area contributed by atoms with Crippen molar-refractivity contribution in [2.75, 3.05) is 20.2 Å². The molecule has 0 aliphatic carbocycles. The van der Waals surface area contributed by atoms with Crippen molar-refractivity contribution in [3.63, 3.8) is 0 Å². The summed E-state index contributed by atoms with van der Waals surface area (Å²) in [6.45, 7) is 0.0705. The van der Waals surface area contributed by atoms with Gasteiger partial charge in [-0.15, -0.1) is 0 Å². The second-order valence-electron chi connectivity index (χ2n) is 6.44. The van der Waals surface area contributed by atoms with Crippen molar-refractivity contribution in [3.8, 4) is 0 Å². The number of carbonyl (C=O) groups excluding carboxylic acids is 4. The Bertz CT molecular complexity index is 924. The molecule has 3 rings (SSSR count). The molecule has 0 spiro atoms. The number of esters is 1. The Labute approximate surface area is 162 Å². The lowest BCUT2D eigenvalue weighted by atomic mass is 10.1. The molecule has 1 heterocycles. The minimum atomic E-state index is -0.725. The van der Waals surface area contributed by atoms with Crippen LogP contribution in [0.4, 0.5) is 0 Å². The fourth-order valence-electron chi connectivity index (χ4n) is 2.92. The predicted molar refractivity (Wildman–Crippen MR) is 101 cm³/mol. The molecule has 2 aromatic carbocycles. The fraction of sp³-hybridized carbons (Fsp3) is 0.238. The van der Waals surface area contributed by atoms with Crippen molar-refractivity contribution in [1.82, 2.24) is 10.2 Å². The molecule has 0 fully saturated rings. The second-order valence-corrected chi connectivity index (χ2v) is 6.44. The van der Waals surface area contributed by atoms with Crippen LogP contribution in [0.5, 0.6) is 0 Å². The summed E-state index contributed by atoms with van der Waals surface area (Å²) in [5.74, 6) is -1.99. The summed E-state index contributed by atoms with van der Waals surface area (Å²) in [6.07, 6.45) is 1.62. The monoisotopic (exact) mass is 380 g/mol. The zero-order valence-corrected chi connectivity index (χ0v) is 15.4. The van der Waals surface area contributed by atoms with Gasteiger partial charge in [-0.1, -0.05) is 30.3 Å². The Morgan fingerprint density at radius 1 is 1.00 bits per heavy atom. The average Bonchev–Trinajstić information content (AvgIpc) is 2.94. The molecular weight excluding hydrogens is 360 g/mol. The topological polar surface area (TPSA) is 92.8 Å². The Hall–Kier alpha value is -3.48. The smallest absolute Gasteiger partial charge is 0.338 e. The Morgan fingerprint density at radius 2 is 1.71 bits per heavy atom. The van der Waals surface area contributed by atoms with Crippen molar-refractivity contribution >= 4 is 23.7 Å². The quantitative estimate of drug-likeness (QED) is 0.449. The van der Waals surface area contributed by atoms with Crippen molar-refractivity contribution in [3.05, 3.63) is 70.8 Å². The standard InChI is InChI=1S/C21H20N2O5/c1-23-19(25)16-10-9-15(12-17(16)20(23)26)21(27)28-13-18(24)22-11-5-8-14-6-3-2-4-7-14/h2-4,6-7,9-10,12H,5,8,11,13H2,1H3,(H,22,24). The number of benzene rings is 2. The Kier molecular flexibility index (Phi) is 5.84. The van der Waals surface area contributed by atoms with Crippen LogP contribution < -0.4 is 5.32 Å². The van der Waals surface area contributed by atoms with Crippen LogP contribution in [0, 0.1) is 0 Å². The maximum Gasteiger partial charge on any atom is 0.338 e. The van der Waals surface area contributed by atoms with Crippen molar-refractivity contribution in [2.45, 2.75) is 12.8 Å². The minimum absolute atomic E-state index is 0.118. The maximum absolute atomic E-state index is 12.1. The van der Waals surface area contributed by atoms with E-state index in [1.165, 1.54) is 30.8 Å². The molecule has 144 valence electrons. The number of aryl methyl sites for hydroxylation is 1. The summed E-state index contributed by atoms with van der Waals surface area (Å²) < 4.78 is 4.99. The molecule has 0 aromatic heterocycles. The number of amides is 3. The van der Waals surface area contributed by atoms with Gasteiger partial charge < -0.3 is 10.1 Å². The third-order valence-electron chi connectivity index (χ3n) is 4.47. The molecule has 7 nitrogen and oxygen atoms in total. The molecule has 0 bridgehead atoms. The van der Waals surface area contributed by atoms with Gasteiger partial charge in [-0.3, -0.25) is 19.3 Å². The van der Waals surface area contributed by atoms with Gasteiger partial charge in [0.2, 0.25) is 0 Å². The average molecular weight is 380 g/mol. The van der Waals surface area contributed by atoms with E-state index in [1.54, 1.807) is 0 Å². The summed E-state index contributed by atoms with van der Waals surface area (Å²) in [5, 5.41) is 2.70. The Balaban J connectivity index is 1.45. The summed E-state index contributed by atoms with van der Waals surface area (Å²) in [5.41, 5.74) is 1.72. The van der Waals surface area contributed by atoms with Gasteiger partial charge in [0.1, 0.15) is 0 Å². The molecular formula is C21H20N2O5. The Morgan fingerprint density at radius 3 is 2.46 bits per heavy atom. The van der Waals surface area contributed by atoms with Crippen LogP contribution in [-0.2, 0) is 16.0 Å². The maximum atomic E-state index is 12.1. The van der Waals surface area contributed by atoms with Crippen LogP contribution in [0.25, 0.3) is 0 Å². The first-order valence-electron chi connectivity index (χ1n) is 8.91. The molecule has 1 aliphatic rings. The van der Waals surface area contributed by atoms with E-state index in [0.717, 1.165) is 17.7 Å². The summed E-state index contributed by atoms with van der Waals surface area (Å²) in [6, 6.07) is 14.1. The van der Waals surface area contributed by atoms with Gasteiger partial charge in [0.25, 0.3) is 17.7 Å². The van der Waals surface area contributed by atoms with Gasteiger partial charge in [0, 0.05) is 13.6 Å². The van der Waals surface area contributed by atoms with E-state index < -0.39 is 30.3 Å². The van der Waals surface area contributed by atoms with Crippen LogP contribution in [0.2, 0.25) is 0 Å². The number of ether oxygens (including phenoxy) is 1. The normalized spacial score (nSPS) is 12.7. The lowest BCUT2D eigenvalue weighted by molar-refractivity contribution is -0.124. The predicted octanol–water partition coefficient (Wildman–Crippen LogP) is 1.82. The molecule has 7 heteroatoms. The van der Waals surface area contributed by atoms with Gasteiger partial charge >= 0.3 is 5.97 Å². The largest absolute Gasteiger partial charge is 0.452 e. The van der Waals surface area contributed by atoms with Crippen LogP contribution >= 0.6 is 0 Å². The van der Waals surface area contributed by atoms with Crippen LogP contribution in [0.3, 0.4) is 0 Å². The highest BCUT2D eigenvalue weighted by atomic mass is 16.5. The van der Waals surface area contributed by atoms with Gasteiger partial charge in [-0.25, -0.2) is 4.79 Å². The molecule has 0 saturated heterocycles. The third-order valence-corrected chi connectivity index (χ3v) is 4.47. The highest BCUT2D eigenvalue weighted by molar-refractivity contribution is 6.21. The van der Waals surface area contributed by atoms with Crippen molar-refractivity contribution in [2.24, 2.45) is 0 Å². The molecule has 1 N–H and O–H groups in total. The number of rotatable bonds is 7. The zero-order chi connectivity index (χ0) is 20.1. The summed E-state index contributed by atoms with van der Waals surface area (Å²) >= 11 is 0. The van der Waals surface area contributed by atoms with Gasteiger partial charge in [0.05, 0.1) is 16.7 Å². The summed E-state index contributed by atoms with van der Waals surface area (Å²) in [7, 11) is 1.38. The van der Waals surface area contributed by atoms with Crippen LogP contribution in [0.15, 0.2) is 48.5 Å². The minimum Gasteiger partial charge on any atom is -0.452 e. The van der Waals surface area contributed by atoms with E-state index in [0.29, 0.717) is 6.54 Å². The first-order valence-corrected chi connectivity index (χ1v) is 8.91. The number of hydrogen-bond acceptors (Lipinski definition) is 5. The van der Waals surface area contributed by atoms with Gasteiger partial charge in [-0.05, 0) is 36.6 Å². The highest BCUT2D eigenvalue weighted by Gasteiger charge is 2.33. The molecule has 0 radical (unpaired) electrons. The first kappa shape index (κ1) is 19.3. The molecule has 28 heavy (non-hydrogen) atoms. The van der Waals surface area contributed by atoms with E-state index in [2.05, 4.69) is 5.32 Å². The highest BCUT2D eigenvalue weighted by Crippen LogP contribution is 2.23. The molecule has 0 unspecified atom stereocenters. The zero-order valence-electron chi connectivity index (χ0n) is 15.4. The van der Waals surface area contributed by atoms with Crippen molar-refractivity contribution in [1.29, 1.82) is 0 Å². The van der Waals surface area contributed by atoms with Gasteiger partial charge in [0.15, 0.2) is 6.61 Å². The molecule has 2 aromatic rings. The summed E-state index contributed by atoms with van der Waals surface area (Å²) in [4.78, 5) is 48.8. The SMILES string of the molecule is CN1C(=O)c2ccc(C(=O)OCC(=O)NCCCc3ccccc3)cc2C1=O. The van der Waals surface area contributed by atoms with E-state index in [-0.39, 0.29) is 16.7 Å². The third kappa shape index (κ3) is 4.25. The second kappa shape index (κ2) is 8.47. The first-order chi connectivity index (χ1) is 13.5. The van der Waals surface area contributed by atoms with Gasteiger partial charge in [-0.2, -0.15) is 0 Å². The number of hydrogen-bond donors (Lipinski definition) is 1. The molecule has 0 atom stereocenters. The van der Waals surface area contributed by atoms with E-state index in [9.17, 15) is 19.2 Å². The lowest BCUT2D eigenvalue weighted by Gasteiger charge is -2.07. The van der Waals surface area contributed by atoms with Crippen LogP contribution in [-0.4, -0.2) is 48.8 Å². The molecule has 1 aliphatic heterocycles. The van der Waals surface area contributed by atoms with Crippen molar-refractivity contribution < 1.29 is 23.9 Å². The molecule has 0 saturated carbocycles. The molecule has 3 amide bonds. The number of fused-ring (bicyclic) bond motifs is 1. The van der Waals surface area contributed by atoms with E-state index in [1.807, 2.05) is 30.3 Å². The number of nitrogens with zero attached hydrogens (tertiary/aromatic N) is 1. The van der Waals surface area contributed by atoms with E-state index >= 15 is 0 Å². The number of carbonyl (C=O) groups is 4.